The first-order chi connectivity index (χ1) is 11.1. The van der Waals surface area contributed by atoms with E-state index in [1.807, 2.05) is 18.2 Å². The summed E-state index contributed by atoms with van der Waals surface area (Å²) in [6.45, 7) is 1.11. The zero-order chi connectivity index (χ0) is 16.2. The number of aliphatic hydroxyl groups excluding tert-OH is 1. The molecule has 0 amide bonds. The number of aryl methyl sites for hydroxylation is 1. The van der Waals surface area contributed by atoms with Crippen LogP contribution in [0.5, 0.6) is 11.6 Å². The van der Waals surface area contributed by atoms with Crippen molar-refractivity contribution in [2.45, 2.75) is 31.6 Å². The van der Waals surface area contributed by atoms with Crippen molar-refractivity contribution in [1.82, 2.24) is 14.9 Å². The third-order valence-electron chi connectivity index (χ3n) is 3.94. The zero-order valence-corrected chi connectivity index (χ0v) is 12.7. The number of hydrogen-bond donors (Lipinski definition) is 4. The molecule has 23 heavy (non-hydrogen) atoms. The van der Waals surface area contributed by atoms with Gasteiger partial charge in [-0.1, -0.05) is 18.2 Å². The second kappa shape index (κ2) is 6.89. The van der Waals surface area contributed by atoms with Gasteiger partial charge in [-0.15, -0.1) is 0 Å². The maximum Gasteiger partial charge on any atom is 0.328 e. The highest BCUT2D eigenvalue weighted by molar-refractivity contribution is 5.35. The molecular weight excluding hydrogens is 298 g/mol. The third kappa shape index (κ3) is 3.94. The molecule has 0 saturated carbocycles. The van der Waals surface area contributed by atoms with Crippen LogP contribution in [0.4, 0.5) is 0 Å². The number of hydrogen-bond acceptors (Lipinski definition) is 5. The minimum atomic E-state index is -0.723. The summed E-state index contributed by atoms with van der Waals surface area (Å²) in [6.07, 6.45) is 2.55. The van der Waals surface area contributed by atoms with Gasteiger partial charge in [0.15, 0.2) is 0 Å². The van der Waals surface area contributed by atoms with Crippen LogP contribution < -0.4 is 15.7 Å². The molecule has 7 heteroatoms. The van der Waals surface area contributed by atoms with Crippen LogP contribution in [0.1, 0.15) is 12.0 Å². The first-order valence-electron chi connectivity index (χ1n) is 7.73. The summed E-state index contributed by atoms with van der Waals surface area (Å²) in [5, 5.41) is 22.3. The van der Waals surface area contributed by atoms with Crippen molar-refractivity contribution in [3.05, 3.63) is 46.5 Å². The Bertz CT molecular complexity index is 709. The molecule has 2 atom stereocenters. The van der Waals surface area contributed by atoms with Crippen molar-refractivity contribution in [2.75, 3.05) is 13.1 Å². The van der Waals surface area contributed by atoms with Gasteiger partial charge in [0.2, 0.25) is 5.88 Å². The highest BCUT2D eigenvalue weighted by Gasteiger charge is 2.19. The average Bonchev–Trinajstić information content (AvgIpc) is 2.84. The molecule has 1 aromatic heterocycles. The molecule has 0 bridgehead atoms. The fraction of sp³-hybridized carbons (Fsp3) is 0.438. The van der Waals surface area contributed by atoms with Gasteiger partial charge in [0.05, 0.1) is 18.8 Å². The number of aliphatic hydroxyl groups is 1. The number of rotatable bonds is 6. The lowest BCUT2D eigenvalue weighted by Gasteiger charge is -2.26. The number of para-hydroxylation sites is 1. The van der Waals surface area contributed by atoms with Crippen LogP contribution in [-0.4, -0.2) is 45.1 Å². The number of nitrogens with one attached hydrogen (secondary N) is 2. The Balaban J connectivity index is 1.43. The van der Waals surface area contributed by atoms with E-state index in [0.717, 1.165) is 18.6 Å². The molecule has 0 spiro atoms. The minimum Gasteiger partial charge on any atom is -0.493 e. The normalized spacial score (nSPS) is 18.2. The molecule has 2 unspecified atom stereocenters. The number of aromatic hydroxyl groups is 1. The zero-order valence-electron chi connectivity index (χ0n) is 12.7. The number of aromatic amines is 1. The Morgan fingerprint density at radius 2 is 2.26 bits per heavy atom. The van der Waals surface area contributed by atoms with E-state index < -0.39 is 11.8 Å². The van der Waals surface area contributed by atoms with Crippen LogP contribution in [0.3, 0.4) is 0 Å². The van der Waals surface area contributed by atoms with Crippen molar-refractivity contribution in [1.29, 1.82) is 0 Å². The first kappa shape index (κ1) is 15.6. The smallest absolute Gasteiger partial charge is 0.328 e. The van der Waals surface area contributed by atoms with E-state index in [0.29, 0.717) is 13.1 Å². The maximum atomic E-state index is 11.4. The predicted octanol–water partition coefficient (Wildman–Crippen LogP) is 0.226. The fourth-order valence-electron chi connectivity index (χ4n) is 2.78. The van der Waals surface area contributed by atoms with Crippen LogP contribution in [0.2, 0.25) is 0 Å². The van der Waals surface area contributed by atoms with Crippen molar-refractivity contribution in [3.8, 4) is 11.6 Å². The summed E-state index contributed by atoms with van der Waals surface area (Å²) in [5.41, 5.74) is 0.796. The van der Waals surface area contributed by atoms with Gasteiger partial charge in [0.1, 0.15) is 11.9 Å². The maximum absolute atomic E-state index is 11.4. The van der Waals surface area contributed by atoms with Crippen molar-refractivity contribution < 1.29 is 14.9 Å². The van der Waals surface area contributed by atoms with Crippen molar-refractivity contribution >= 4 is 0 Å². The third-order valence-corrected chi connectivity index (χ3v) is 3.94. The van der Waals surface area contributed by atoms with E-state index in [-0.39, 0.29) is 18.5 Å². The molecule has 1 aliphatic heterocycles. The van der Waals surface area contributed by atoms with Crippen LogP contribution >= 0.6 is 0 Å². The molecule has 0 aliphatic carbocycles. The molecule has 3 rings (SSSR count). The number of H-pyrrole nitrogens is 1. The summed E-state index contributed by atoms with van der Waals surface area (Å²) >= 11 is 0. The molecule has 7 nitrogen and oxygen atoms in total. The Morgan fingerprint density at radius 3 is 3.04 bits per heavy atom. The van der Waals surface area contributed by atoms with Gasteiger partial charge in [-0.3, -0.25) is 9.55 Å². The number of aromatic nitrogens is 2. The van der Waals surface area contributed by atoms with Crippen LogP contribution in [0, 0.1) is 0 Å². The van der Waals surface area contributed by atoms with E-state index in [1.54, 1.807) is 0 Å². The quantitative estimate of drug-likeness (QED) is 0.611. The lowest BCUT2D eigenvalue weighted by atomic mass is 10.0. The minimum absolute atomic E-state index is 0.0797. The highest BCUT2D eigenvalue weighted by Crippen LogP contribution is 2.26. The van der Waals surface area contributed by atoms with Crippen molar-refractivity contribution in [3.63, 3.8) is 0 Å². The summed E-state index contributed by atoms with van der Waals surface area (Å²) in [7, 11) is 0. The van der Waals surface area contributed by atoms with E-state index in [1.165, 1.54) is 16.3 Å². The Morgan fingerprint density at radius 1 is 1.43 bits per heavy atom. The van der Waals surface area contributed by atoms with Gasteiger partial charge in [0, 0.05) is 13.1 Å². The molecule has 124 valence electrons. The van der Waals surface area contributed by atoms with Gasteiger partial charge >= 0.3 is 5.69 Å². The van der Waals surface area contributed by atoms with Gasteiger partial charge in [-0.25, -0.2) is 4.79 Å². The van der Waals surface area contributed by atoms with Gasteiger partial charge in [0.25, 0.3) is 0 Å². The summed E-state index contributed by atoms with van der Waals surface area (Å²) in [4.78, 5) is 13.7. The lowest BCUT2D eigenvalue weighted by Crippen LogP contribution is -2.39. The van der Waals surface area contributed by atoms with Gasteiger partial charge < -0.3 is 20.3 Å². The highest BCUT2D eigenvalue weighted by atomic mass is 16.5. The molecular formula is C16H21N3O4. The summed E-state index contributed by atoms with van der Waals surface area (Å²) in [6, 6.07) is 8.02. The second-order valence-electron chi connectivity index (χ2n) is 5.80. The van der Waals surface area contributed by atoms with Gasteiger partial charge in [-0.2, -0.15) is 0 Å². The summed E-state index contributed by atoms with van der Waals surface area (Å²) < 4.78 is 7.16. The van der Waals surface area contributed by atoms with Crippen LogP contribution in [-0.2, 0) is 13.0 Å². The average molecular weight is 319 g/mol. The second-order valence-corrected chi connectivity index (χ2v) is 5.80. The van der Waals surface area contributed by atoms with Gasteiger partial charge in [-0.05, 0) is 24.5 Å². The van der Waals surface area contributed by atoms with E-state index in [9.17, 15) is 15.0 Å². The summed E-state index contributed by atoms with van der Waals surface area (Å²) in [5.74, 6) is 0.727. The Hall–Kier alpha value is -2.25. The first-order valence-corrected chi connectivity index (χ1v) is 7.73. The molecule has 1 aromatic carbocycles. The molecule has 0 radical (unpaired) electrons. The van der Waals surface area contributed by atoms with E-state index in [4.69, 9.17) is 4.74 Å². The van der Waals surface area contributed by atoms with E-state index >= 15 is 0 Å². The predicted molar refractivity (Wildman–Crippen MR) is 84.8 cm³/mol. The van der Waals surface area contributed by atoms with E-state index in [2.05, 4.69) is 16.4 Å². The Labute approximate surface area is 133 Å². The molecule has 0 fully saturated rings. The number of imidazole rings is 1. The molecule has 2 heterocycles. The number of nitrogens with zero attached hydrogens (tertiary/aromatic N) is 1. The topological polar surface area (TPSA) is 99.5 Å². The van der Waals surface area contributed by atoms with Crippen LogP contribution in [0.25, 0.3) is 0 Å². The number of fused-ring (bicyclic) bond motifs is 1. The van der Waals surface area contributed by atoms with Crippen LogP contribution in [0.15, 0.2) is 35.3 Å². The molecule has 1 aliphatic rings. The largest absolute Gasteiger partial charge is 0.493 e. The van der Waals surface area contributed by atoms with Crippen molar-refractivity contribution in [2.24, 2.45) is 0 Å². The lowest BCUT2D eigenvalue weighted by molar-refractivity contribution is 0.133. The Kier molecular flexibility index (Phi) is 4.68. The fourth-order valence-corrected chi connectivity index (χ4v) is 2.78. The molecule has 4 N–H and O–H groups in total. The monoisotopic (exact) mass is 319 g/mol. The number of benzene rings is 1. The molecule has 2 aromatic rings. The SMILES string of the molecule is O=c1[nH]c(O)cn1CC(O)CNCC1CCc2ccccc2O1. The standard InChI is InChI=1S/C16H21N3O4/c20-12(9-19-10-15(21)18-16(19)22)7-17-8-13-6-5-11-3-1-2-4-14(11)23-13/h1-4,10,12-13,17,20-21H,5-9H2,(H,18,22). The molecule has 0 saturated heterocycles. The number of ether oxygens (including phenoxy) is 1.